The number of halogens is 1. The van der Waals surface area contributed by atoms with E-state index < -0.39 is 5.97 Å². The van der Waals surface area contributed by atoms with Gasteiger partial charge in [-0.2, -0.15) is 0 Å². The molecule has 0 unspecified atom stereocenters. The van der Waals surface area contributed by atoms with Gasteiger partial charge in [-0.25, -0.2) is 0 Å². The zero-order valence-electron chi connectivity index (χ0n) is 8.26. The van der Waals surface area contributed by atoms with E-state index >= 15 is 0 Å². The molecule has 0 fully saturated rings. The number of hydrogen-bond donors (Lipinski definition) is 2. The Morgan fingerprint density at radius 3 is 2.69 bits per heavy atom. The minimum absolute atomic E-state index is 0.0555. The first-order chi connectivity index (χ1) is 7.54. The summed E-state index contributed by atoms with van der Waals surface area (Å²) in [6.07, 6.45) is 0.364. The summed E-state index contributed by atoms with van der Waals surface area (Å²) in [5, 5.41) is 17.8. The standard InChI is InChI=1S/C10H10ClNO4/c11-8-5-7(1-2-9(8)14)12(6-13)4-3-10(15)16/h1-2,5-6,14H,3-4H2,(H,15,16). The molecule has 1 amide bonds. The molecule has 2 N–H and O–H groups in total. The smallest absolute Gasteiger partial charge is 0.305 e. The number of benzene rings is 1. The van der Waals surface area contributed by atoms with Crippen LogP contribution in [0.2, 0.25) is 5.02 Å². The number of carboxylic acid groups (broad SMARTS) is 1. The summed E-state index contributed by atoms with van der Waals surface area (Å²) in [6, 6.07) is 4.22. The number of carbonyl (C=O) groups excluding carboxylic acids is 1. The molecule has 6 heteroatoms. The monoisotopic (exact) mass is 243 g/mol. The lowest BCUT2D eigenvalue weighted by Gasteiger charge is -2.16. The molecular formula is C10H10ClNO4. The maximum Gasteiger partial charge on any atom is 0.305 e. The summed E-state index contributed by atoms with van der Waals surface area (Å²) in [4.78, 5) is 22.3. The fourth-order valence-corrected chi connectivity index (χ4v) is 1.31. The topological polar surface area (TPSA) is 77.8 Å². The van der Waals surface area contributed by atoms with E-state index in [9.17, 15) is 14.7 Å². The summed E-state index contributed by atoms with van der Waals surface area (Å²) < 4.78 is 0. The van der Waals surface area contributed by atoms with Crippen LogP contribution in [-0.4, -0.2) is 29.1 Å². The van der Waals surface area contributed by atoms with Gasteiger partial charge in [-0.05, 0) is 18.2 Å². The summed E-state index contributed by atoms with van der Waals surface area (Å²) in [7, 11) is 0. The van der Waals surface area contributed by atoms with E-state index in [1.165, 1.54) is 23.1 Å². The first-order valence-electron chi connectivity index (χ1n) is 4.47. The van der Waals surface area contributed by atoms with Crippen molar-refractivity contribution >= 4 is 29.7 Å². The van der Waals surface area contributed by atoms with Crippen molar-refractivity contribution in [1.29, 1.82) is 0 Å². The lowest BCUT2D eigenvalue weighted by molar-refractivity contribution is -0.136. The predicted molar refractivity (Wildman–Crippen MR) is 58.8 cm³/mol. The molecule has 0 saturated carbocycles. The zero-order chi connectivity index (χ0) is 12.1. The van der Waals surface area contributed by atoms with Gasteiger partial charge < -0.3 is 15.1 Å². The molecule has 0 spiro atoms. The van der Waals surface area contributed by atoms with Gasteiger partial charge in [0.15, 0.2) is 0 Å². The van der Waals surface area contributed by atoms with Crippen LogP contribution >= 0.6 is 11.6 Å². The summed E-state index contributed by atoms with van der Waals surface area (Å²) in [5.41, 5.74) is 0.444. The van der Waals surface area contributed by atoms with Gasteiger partial charge in [0.1, 0.15) is 5.75 Å². The number of rotatable bonds is 5. The van der Waals surface area contributed by atoms with E-state index in [1.54, 1.807) is 0 Å². The lowest BCUT2D eigenvalue weighted by atomic mass is 10.2. The number of anilines is 1. The second kappa shape index (κ2) is 5.37. The molecular weight excluding hydrogens is 234 g/mol. The molecule has 0 heterocycles. The molecule has 16 heavy (non-hydrogen) atoms. The third kappa shape index (κ3) is 3.13. The number of phenols is 1. The fraction of sp³-hybridized carbons (Fsp3) is 0.200. The van der Waals surface area contributed by atoms with Crippen LogP contribution in [0, 0.1) is 0 Å². The highest BCUT2D eigenvalue weighted by atomic mass is 35.5. The van der Waals surface area contributed by atoms with Crippen LogP contribution in [0.3, 0.4) is 0 Å². The van der Waals surface area contributed by atoms with Crippen LogP contribution in [0.1, 0.15) is 6.42 Å². The zero-order valence-corrected chi connectivity index (χ0v) is 9.02. The van der Waals surface area contributed by atoms with Crippen molar-refractivity contribution in [3.05, 3.63) is 23.2 Å². The van der Waals surface area contributed by atoms with Crippen molar-refractivity contribution in [2.24, 2.45) is 0 Å². The molecule has 0 aromatic heterocycles. The van der Waals surface area contributed by atoms with Crippen LogP contribution in [-0.2, 0) is 9.59 Å². The Hall–Kier alpha value is -1.75. The van der Waals surface area contributed by atoms with Crippen LogP contribution < -0.4 is 4.90 Å². The molecule has 86 valence electrons. The lowest BCUT2D eigenvalue weighted by Crippen LogP contribution is -2.24. The second-order valence-electron chi connectivity index (χ2n) is 3.08. The average molecular weight is 244 g/mol. The highest BCUT2D eigenvalue weighted by Gasteiger charge is 2.09. The van der Waals surface area contributed by atoms with Gasteiger partial charge in [-0.3, -0.25) is 9.59 Å². The van der Waals surface area contributed by atoms with Gasteiger partial charge in [0, 0.05) is 12.2 Å². The van der Waals surface area contributed by atoms with Crippen LogP contribution in [0.25, 0.3) is 0 Å². The Morgan fingerprint density at radius 1 is 1.50 bits per heavy atom. The SMILES string of the molecule is O=CN(CCC(=O)O)c1ccc(O)c(Cl)c1. The first-order valence-corrected chi connectivity index (χ1v) is 4.84. The average Bonchev–Trinajstić information content (AvgIpc) is 2.23. The van der Waals surface area contributed by atoms with Gasteiger partial charge >= 0.3 is 5.97 Å². The van der Waals surface area contributed by atoms with Gasteiger partial charge in [0.2, 0.25) is 6.41 Å². The largest absolute Gasteiger partial charge is 0.506 e. The minimum atomic E-state index is -0.989. The van der Waals surface area contributed by atoms with Gasteiger partial charge in [0.25, 0.3) is 0 Å². The van der Waals surface area contributed by atoms with Crippen LogP contribution in [0.15, 0.2) is 18.2 Å². The van der Waals surface area contributed by atoms with E-state index in [0.717, 1.165) is 0 Å². The van der Waals surface area contributed by atoms with E-state index in [1.807, 2.05) is 0 Å². The molecule has 0 atom stereocenters. The number of hydrogen-bond acceptors (Lipinski definition) is 3. The quantitative estimate of drug-likeness (QED) is 0.768. The number of aromatic hydroxyl groups is 1. The number of carboxylic acids is 1. The maximum absolute atomic E-state index is 10.7. The van der Waals surface area contributed by atoms with Crippen molar-refractivity contribution < 1.29 is 19.8 Å². The van der Waals surface area contributed by atoms with Gasteiger partial charge in [-0.1, -0.05) is 11.6 Å². The molecule has 1 rings (SSSR count). The summed E-state index contributed by atoms with van der Waals surface area (Å²) in [6.45, 7) is 0.0555. The van der Waals surface area contributed by atoms with Crippen molar-refractivity contribution in [2.75, 3.05) is 11.4 Å². The molecule has 1 aromatic rings. The summed E-state index contributed by atoms with van der Waals surface area (Å²) in [5.74, 6) is -1.08. The predicted octanol–water partition coefficient (Wildman–Crippen LogP) is 1.48. The Bertz CT molecular complexity index is 408. The molecule has 1 aromatic carbocycles. The van der Waals surface area contributed by atoms with Crippen LogP contribution in [0.4, 0.5) is 5.69 Å². The van der Waals surface area contributed by atoms with E-state index in [0.29, 0.717) is 12.1 Å². The molecule has 0 bridgehead atoms. The molecule has 0 aliphatic heterocycles. The highest BCUT2D eigenvalue weighted by Crippen LogP contribution is 2.27. The Morgan fingerprint density at radius 2 is 2.19 bits per heavy atom. The number of aliphatic carboxylic acids is 1. The highest BCUT2D eigenvalue weighted by molar-refractivity contribution is 6.32. The fourth-order valence-electron chi connectivity index (χ4n) is 1.13. The van der Waals surface area contributed by atoms with Gasteiger partial charge in [-0.15, -0.1) is 0 Å². The van der Waals surface area contributed by atoms with Crippen molar-refractivity contribution in [3.63, 3.8) is 0 Å². The third-order valence-corrected chi connectivity index (χ3v) is 2.26. The Balaban J connectivity index is 2.82. The molecule has 0 saturated heterocycles. The number of carbonyl (C=O) groups is 2. The number of phenolic OH excluding ortho intramolecular Hbond substituents is 1. The normalized spacial score (nSPS) is 9.81. The minimum Gasteiger partial charge on any atom is -0.506 e. The Kier molecular flexibility index (Phi) is 4.13. The van der Waals surface area contributed by atoms with Crippen molar-refractivity contribution in [2.45, 2.75) is 6.42 Å². The second-order valence-corrected chi connectivity index (χ2v) is 3.49. The third-order valence-electron chi connectivity index (χ3n) is 1.96. The molecule has 5 nitrogen and oxygen atoms in total. The number of amides is 1. The maximum atomic E-state index is 10.7. The Labute approximate surface area is 96.9 Å². The van der Waals surface area contributed by atoms with E-state index in [-0.39, 0.29) is 23.7 Å². The van der Waals surface area contributed by atoms with Gasteiger partial charge in [0.05, 0.1) is 11.4 Å². The molecule has 0 aliphatic carbocycles. The van der Waals surface area contributed by atoms with Crippen molar-refractivity contribution in [1.82, 2.24) is 0 Å². The van der Waals surface area contributed by atoms with E-state index in [2.05, 4.69) is 0 Å². The first kappa shape index (κ1) is 12.3. The van der Waals surface area contributed by atoms with E-state index in [4.69, 9.17) is 16.7 Å². The molecule has 0 aliphatic rings. The molecule has 0 radical (unpaired) electrons. The summed E-state index contributed by atoms with van der Waals surface area (Å²) >= 11 is 5.67. The number of nitrogens with zero attached hydrogens (tertiary/aromatic N) is 1. The van der Waals surface area contributed by atoms with Crippen molar-refractivity contribution in [3.8, 4) is 5.75 Å². The van der Waals surface area contributed by atoms with Crippen LogP contribution in [0.5, 0.6) is 5.75 Å².